The van der Waals surface area contributed by atoms with Crippen molar-refractivity contribution in [2.24, 2.45) is 0 Å². The minimum atomic E-state index is 0.277. The number of nitrogens with one attached hydrogen (secondary N) is 1. The van der Waals surface area contributed by atoms with E-state index in [0.717, 1.165) is 11.1 Å². The molecule has 0 bridgehead atoms. The average molecular weight is 213 g/mol. The Morgan fingerprint density at radius 3 is 2.81 bits per heavy atom. The first-order valence-corrected chi connectivity index (χ1v) is 4.90. The number of oxazole rings is 1. The summed E-state index contributed by atoms with van der Waals surface area (Å²) >= 11 is 0. The first-order chi connectivity index (χ1) is 7.74. The maximum absolute atomic E-state index is 8.85. The number of aromatic nitrogens is 1. The second kappa shape index (κ2) is 4.07. The first-order valence-electron chi connectivity index (χ1n) is 4.90. The monoisotopic (exact) mass is 213 g/mol. The van der Waals surface area contributed by atoms with E-state index in [4.69, 9.17) is 9.68 Å². The number of rotatable bonds is 2. The Morgan fingerprint density at radius 1 is 1.44 bits per heavy atom. The normalized spacial score (nSPS) is 9.81. The molecule has 1 N–H and O–H groups in total. The predicted molar refractivity (Wildman–Crippen MR) is 60.9 cm³/mol. The second-order valence-corrected chi connectivity index (χ2v) is 3.43. The number of aryl methyl sites for hydroxylation is 1. The van der Waals surface area contributed by atoms with Crippen molar-refractivity contribution < 1.29 is 4.42 Å². The number of hydrogen-bond donors (Lipinski definition) is 1. The Hall–Kier alpha value is -2.28. The fraction of sp³-hybridized carbons (Fsp3) is 0.167. The van der Waals surface area contributed by atoms with Crippen LogP contribution in [0.3, 0.4) is 0 Å². The zero-order valence-corrected chi connectivity index (χ0v) is 9.11. The number of nitriles is 1. The number of anilines is 1. The minimum Gasteiger partial charge on any atom is -0.419 e. The summed E-state index contributed by atoms with van der Waals surface area (Å²) in [6.45, 7) is 2.00. The zero-order valence-electron chi connectivity index (χ0n) is 9.11. The van der Waals surface area contributed by atoms with Crippen molar-refractivity contribution in [1.82, 2.24) is 4.98 Å². The summed E-state index contributed by atoms with van der Waals surface area (Å²) in [4.78, 5) is 4.12. The van der Waals surface area contributed by atoms with Crippen LogP contribution in [0.2, 0.25) is 0 Å². The van der Waals surface area contributed by atoms with Crippen molar-refractivity contribution >= 4 is 5.88 Å². The molecule has 0 aliphatic rings. The highest BCUT2D eigenvalue weighted by Gasteiger charge is 2.12. The maximum Gasteiger partial charge on any atom is 0.232 e. The number of nitrogens with zero attached hydrogens (tertiary/aromatic N) is 2. The van der Waals surface area contributed by atoms with E-state index in [1.807, 2.05) is 37.3 Å². The van der Waals surface area contributed by atoms with E-state index in [2.05, 4.69) is 10.3 Å². The molecule has 80 valence electrons. The van der Waals surface area contributed by atoms with E-state index in [0.29, 0.717) is 11.8 Å². The highest BCUT2D eigenvalue weighted by atomic mass is 16.4. The van der Waals surface area contributed by atoms with Gasteiger partial charge in [-0.15, -0.1) is 0 Å². The van der Waals surface area contributed by atoms with Gasteiger partial charge in [-0.2, -0.15) is 10.2 Å². The van der Waals surface area contributed by atoms with Gasteiger partial charge in [-0.3, -0.25) is 0 Å². The molecule has 0 unspecified atom stereocenters. The van der Waals surface area contributed by atoms with Gasteiger partial charge in [-0.05, 0) is 19.1 Å². The summed E-state index contributed by atoms with van der Waals surface area (Å²) in [5.41, 5.74) is 2.28. The molecule has 0 fully saturated rings. The van der Waals surface area contributed by atoms with Gasteiger partial charge in [0, 0.05) is 12.6 Å². The molecular formula is C12H11N3O. The lowest BCUT2D eigenvalue weighted by molar-refractivity contribution is 0.589. The minimum absolute atomic E-state index is 0.277. The van der Waals surface area contributed by atoms with Gasteiger partial charge in [0.15, 0.2) is 0 Å². The van der Waals surface area contributed by atoms with Crippen molar-refractivity contribution in [3.05, 3.63) is 35.5 Å². The van der Waals surface area contributed by atoms with Gasteiger partial charge in [0.2, 0.25) is 17.5 Å². The largest absolute Gasteiger partial charge is 0.419 e. The molecule has 16 heavy (non-hydrogen) atoms. The molecule has 0 saturated heterocycles. The van der Waals surface area contributed by atoms with Crippen LogP contribution in [0, 0.1) is 18.3 Å². The van der Waals surface area contributed by atoms with Gasteiger partial charge in [0.25, 0.3) is 0 Å². The van der Waals surface area contributed by atoms with Gasteiger partial charge < -0.3 is 9.73 Å². The van der Waals surface area contributed by atoms with E-state index in [9.17, 15) is 0 Å². The van der Waals surface area contributed by atoms with Crippen molar-refractivity contribution in [2.75, 3.05) is 12.4 Å². The van der Waals surface area contributed by atoms with Gasteiger partial charge >= 0.3 is 0 Å². The molecule has 0 amide bonds. The SMILES string of the molecule is CNc1oc(-c2cccc(C)c2)nc1C#N. The van der Waals surface area contributed by atoms with Gasteiger partial charge in [0.1, 0.15) is 6.07 Å². The smallest absolute Gasteiger partial charge is 0.232 e. The van der Waals surface area contributed by atoms with E-state index in [1.54, 1.807) is 7.05 Å². The highest BCUT2D eigenvalue weighted by molar-refractivity contribution is 5.59. The van der Waals surface area contributed by atoms with Crippen LogP contribution in [0.4, 0.5) is 5.88 Å². The molecule has 4 heteroatoms. The fourth-order valence-corrected chi connectivity index (χ4v) is 1.47. The fourth-order valence-electron chi connectivity index (χ4n) is 1.47. The average Bonchev–Trinajstić information content (AvgIpc) is 2.72. The van der Waals surface area contributed by atoms with Crippen LogP contribution in [0.25, 0.3) is 11.5 Å². The lowest BCUT2D eigenvalue weighted by atomic mass is 10.1. The summed E-state index contributed by atoms with van der Waals surface area (Å²) in [6, 6.07) is 9.78. The quantitative estimate of drug-likeness (QED) is 0.832. The Morgan fingerprint density at radius 2 is 2.25 bits per heavy atom. The van der Waals surface area contributed by atoms with E-state index in [-0.39, 0.29) is 5.69 Å². The van der Waals surface area contributed by atoms with E-state index < -0.39 is 0 Å². The summed E-state index contributed by atoms with van der Waals surface area (Å²) in [6.07, 6.45) is 0. The molecule has 2 aromatic rings. The molecule has 4 nitrogen and oxygen atoms in total. The van der Waals surface area contributed by atoms with Crippen LogP contribution >= 0.6 is 0 Å². The topological polar surface area (TPSA) is 61.9 Å². The van der Waals surface area contributed by atoms with Crippen molar-refractivity contribution in [3.8, 4) is 17.5 Å². The van der Waals surface area contributed by atoms with Crippen LogP contribution < -0.4 is 5.32 Å². The van der Waals surface area contributed by atoms with Crippen LogP contribution in [-0.4, -0.2) is 12.0 Å². The number of hydrogen-bond acceptors (Lipinski definition) is 4. The Balaban J connectivity index is 2.49. The Bertz CT molecular complexity index is 552. The second-order valence-electron chi connectivity index (χ2n) is 3.43. The third kappa shape index (κ3) is 1.75. The molecule has 0 atom stereocenters. The van der Waals surface area contributed by atoms with Crippen LogP contribution in [0.5, 0.6) is 0 Å². The molecular weight excluding hydrogens is 202 g/mol. The number of benzene rings is 1. The van der Waals surface area contributed by atoms with Gasteiger partial charge in [0.05, 0.1) is 0 Å². The molecule has 1 aromatic heterocycles. The summed E-state index contributed by atoms with van der Waals surface area (Å²) in [5, 5.41) is 11.7. The summed E-state index contributed by atoms with van der Waals surface area (Å²) in [7, 11) is 1.70. The van der Waals surface area contributed by atoms with E-state index in [1.165, 1.54) is 0 Å². The Kier molecular flexibility index (Phi) is 2.61. The van der Waals surface area contributed by atoms with Crippen molar-refractivity contribution in [2.45, 2.75) is 6.92 Å². The lowest BCUT2D eigenvalue weighted by Gasteiger charge is -1.96. The lowest BCUT2D eigenvalue weighted by Crippen LogP contribution is -1.87. The summed E-state index contributed by atoms with van der Waals surface area (Å²) < 4.78 is 5.45. The summed E-state index contributed by atoms with van der Waals surface area (Å²) in [5.74, 6) is 0.864. The maximum atomic E-state index is 8.85. The van der Waals surface area contributed by atoms with Crippen LogP contribution in [-0.2, 0) is 0 Å². The molecule has 0 aliphatic heterocycles. The zero-order chi connectivity index (χ0) is 11.5. The van der Waals surface area contributed by atoms with Crippen LogP contribution in [0.1, 0.15) is 11.3 Å². The molecule has 1 heterocycles. The molecule has 0 spiro atoms. The van der Waals surface area contributed by atoms with Gasteiger partial charge in [-0.25, -0.2) is 0 Å². The predicted octanol–water partition coefficient (Wildman–Crippen LogP) is 2.56. The van der Waals surface area contributed by atoms with Crippen molar-refractivity contribution in [1.29, 1.82) is 5.26 Å². The standard InChI is InChI=1S/C12H11N3O/c1-8-4-3-5-9(6-8)11-15-10(7-13)12(14-2)16-11/h3-6,14H,1-2H3. The third-order valence-corrected chi connectivity index (χ3v) is 2.23. The molecule has 0 aliphatic carbocycles. The molecule has 0 saturated carbocycles. The third-order valence-electron chi connectivity index (χ3n) is 2.23. The molecule has 2 rings (SSSR count). The Labute approximate surface area is 93.5 Å². The molecule has 1 aromatic carbocycles. The molecule has 0 radical (unpaired) electrons. The van der Waals surface area contributed by atoms with Gasteiger partial charge in [-0.1, -0.05) is 17.7 Å². The van der Waals surface area contributed by atoms with E-state index >= 15 is 0 Å². The highest BCUT2D eigenvalue weighted by Crippen LogP contribution is 2.25. The van der Waals surface area contributed by atoms with Crippen LogP contribution in [0.15, 0.2) is 28.7 Å². The van der Waals surface area contributed by atoms with Crippen molar-refractivity contribution in [3.63, 3.8) is 0 Å². The first kappa shape index (κ1) is 10.2.